The molecular formula is C6H10N2O2. The normalized spacial score (nSPS) is 9.40. The highest BCUT2D eigenvalue weighted by Crippen LogP contribution is 1.67. The lowest BCUT2D eigenvalue weighted by Crippen LogP contribution is -2.39. The lowest BCUT2D eigenvalue weighted by Gasteiger charge is -1.99. The highest BCUT2D eigenvalue weighted by atomic mass is 16.2. The largest absolute Gasteiger partial charge is 0.274 e. The van der Waals surface area contributed by atoms with Crippen LogP contribution in [0.4, 0.5) is 0 Å². The summed E-state index contributed by atoms with van der Waals surface area (Å²) in [6, 6.07) is 0. The smallest absolute Gasteiger partial charge is 0.262 e. The van der Waals surface area contributed by atoms with Crippen molar-refractivity contribution in [2.45, 2.75) is 13.8 Å². The fraction of sp³-hybridized carbons (Fsp3) is 0.333. The van der Waals surface area contributed by atoms with Crippen molar-refractivity contribution in [3.05, 3.63) is 12.2 Å². The SMILES string of the molecule is C/C=C/C(=O)NNC(C)=O. The van der Waals surface area contributed by atoms with Crippen LogP contribution in [0.25, 0.3) is 0 Å². The summed E-state index contributed by atoms with van der Waals surface area (Å²) in [6.07, 6.45) is 2.90. The molecule has 0 atom stereocenters. The van der Waals surface area contributed by atoms with Crippen LogP contribution in [0.2, 0.25) is 0 Å². The Bertz CT molecular complexity index is 163. The third-order valence-corrected chi connectivity index (χ3v) is 0.680. The van der Waals surface area contributed by atoms with Gasteiger partial charge in [0.25, 0.3) is 5.91 Å². The Hall–Kier alpha value is -1.32. The van der Waals surface area contributed by atoms with E-state index >= 15 is 0 Å². The highest BCUT2D eigenvalue weighted by molar-refractivity contribution is 5.89. The third-order valence-electron chi connectivity index (χ3n) is 0.680. The Labute approximate surface area is 59.3 Å². The molecule has 0 spiro atoms. The Morgan fingerprint density at radius 3 is 2.30 bits per heavy atom. The van der Waals surface area contributed by atoms with Crippen molar-refractivity contribution in [3.63, 3.8) is 0 Å². The van der Waals surface area contributed by atoms with Gasteiger partial charge in [-0.05, 0) is 6.92 Å². The molecule has 0 aliphatic heterocycles. The van der Waals surface area contributed by atoms with Crippen LogP contribution in [0.1, 0.15) is 13.8 Å². The molecule has 10 heavy (non-hydrogen) atoms. The summed E-state index contributed by atoms with van der Waals surface area (Å²) in [6.45, 7) is 3.03. The minimum Gasteiger partial charge on any atom is -0.274 e. The second kappa shape index (κ2) is 4.55. The van der Waals surface area contributed by atoms with Crippen LogP contribution in [-0.2, 0) is 9.59 Å². The number of hydrogen-bond donors (Lipinski definition) is 2. The minimum absolute atomic E-state index is 0.294. The number of carbonyl (C=O) groups is 2. The predicted molar refractivity (Wildman–Crippen MR) is 36.8 cm³/mol. The van der Waals surface area contributed by atoms with Crippen molar-refractivity contribution in [2.75, 3.05) is 0 Å². The molecule has 0 saturated heterocycles. The van der Waals surface area contributed by atoms with Gasteiger partial charge in [-0.2, -0.15) is 0 Å². The first kappa shape index (κ1) is 8.68. The van der Waals surface area contributed by atoms with Gasteiger partial charge in [-0.3, -0.25) is 20.4 Å². The molecule has 2 amide bonds. The van der Waals surface area contributed by atoms with Crippen LogP contribution in [-0.4, -0.2) is 11.8 Å². The fourth-order valence-corrected chi connectivity index (χ4v) is 0.343. The molecule has 0 bridgehead atoms. The molecular weight excluding hydrogens is 132 g/mol. The van der Waals surface area contributed by atoms with Gasteiger partial charge in [0, 0.05) is 13.0 Å². The zero-order valence-corrected chi connectivity index (χ0v) is 5.97. The monoisotopic (exact) mass is 142 g/mol. The Balaban J connectivity index is 3.50. The van der Waals surface area contributed by atoms with E-state index < -0.39 is 0 Å². The van der Waals surface area contributed by atoms with Crippen molar-refractivity contribution in [3.8, 4) is 0 Å². The number of hydrazine groups is 1. The summed E-state index contributed by atoms with van der Waals surface area (Å²) in [5, 5.41) is 0. The van der Waals surface area contributed by atoms with E-state index in [0.29, 0.717) is 0 Å². The summed E-state index contributed by atoms with van der Waals surface area (Å²) in [7, 11) is 0. The van der Waals surface area contributed by atoms with Gasteiger partial charge in [-0.15, -0.1) is 0 Å². The van der Waals surface area contributed by atoms with Crippen LogP contribution < -0.4 is 10.9 Å². The van der Waals surface area contributed by atoms with Gasteiger partial charge in [0.2, 0.25) is 5.91 Å². The van der Waals surface area contributed by atoms with E-state index in [2.05, 4.69) is 10.9 Å². The van der Waals surface area contributed by atoms with E-state index in [-0.39, 0.29) is 11.8 Å². The summed E-state index contributed by atoms with van der Waals surface area (Å²) in [5.41, 5.74) is 4.30. The maximum absolute atomic E-state index is 10.5. The second-order valence-electron chi connectivity index (χ2n) is 1.67. The standard InChI is InChI=1S/C6H10N2O2/c1-3-4-6(10)8-7-5(2)9/h3-4H,1-2H3,(H,7,9)(H,8,10)/b4-3+. The Morgan fingerprint density at radius 1 is 1.30 bits per heavy atom. The summed E-state index contributed by atoms with van der Waals surface area (Å²) < 4.78 is 0. The zero-order valence-electron chi connectivity index (χ0n) is 5.97. The molecule has 56 valence electrons. The molecule has 0 aromatic carbocycles. The molecule has 0 saturated carbocycles. The maximum Gasteiger partial charge on any atom is 0.262 e. The van der Waals surface area contributed by atoms with E-state index in [1.54, 1.807) is 13.0 Å². The molecule has 0 rings (SSSR count). The number of amides is 2. The molecule has 0 radical (unpaired) electrons. The van der Waals surface area contributed by atoms with Gasteiger partial charge >= 0.3 is 0 Å². The Morgan fingerprint density at radius 2 is 1.90 bits per heavy atom. The first-order valence-corrected chi connectivity index (χ1v) is 2.86. The van der Waals surface area contributed by atoms with Crippen LogP contribution in [0.5, 0.6) is 0 Å². The number of carbonyl (C=O) groups excluding carboxylic acids is 2. The van der Waals surface area contributed by atoms with Gasteiger partial charge in [0.15, 0.2) is 0 Å². The molecule has 0 aliphatic rings. The Kier molecular flexibility index (Phi) is 3.95. The number of rotatable bonds is 1. The maximum atomic E-state index is 10.5. The highest BCUT2D eigenvalue weighted by Gasteiger charge is 1.92. The molecule has 4 nitrogen and oxygen atoms in total. The van der Waals surface area contributed by atoms with Gasteiger partial charge < -0.3 is 0 Å². The quantitative estimate of drug-likeness (QED) is 0.391. The molecule has 0 aliphatic carbocycles. The zero-order chi connectivity index (χ0) is 7.98. The van der Waals surface area contributed by atoms with Crippen LogP contribution in [0.15, 0.2) is 12.2 Å². The van der Waals surface area contributed by atoms with E-state index in [1.807, 2.05) is 0 Å². The number of allylic oxidation sites excluding steroid dienone is 1. The minimum atomic E-state index is -0.335. The molecule has 2 N–H and O–H groups in total. The number of nitrogens with one attached hydrogen (secondary N) is 2. The van der Waals surface area contributed by atoms with E-state index in [9.17, 15) is 9.59 Å². The van der Waals surface area contributed by atoms with Gasteiger partial charge in [0.1, 0.15) is 0 Å². The second-order valence-corrected chi connectivity index (χ2v) is 1.67. The van der Waals surface area contributed by atoms with Crippen molar-refractivity contribution in [1.29, 1.82) is 0 Å². The lowest BCUT2D eigenvalue weighted by molar-refractivity contribution is -0.125. The van der Waals surface area contributed by atoms with Crippen LogP contribution in [0.3, 0.4) is 0 Å². The van der Waals surface area contributed by atoms with E-state index in [0.717, 1.165) is 0 Å². The lowest BCUT2D eigenvalue weighted by atomic mass is 10.5. The molecule has 0 aromatic rings. The first-order chi connectivity index (χ1) is 4.66. The van der Waals surface area contributed by atoms with Gasteiger partial charge in [0.05, 0.1) is 0 Å². The third kappa shape index (κ3) is 4.83. The van der Waals surface area contributed by atoms with Crippen molar-refractivity contribution >= 4 is 11.8 Å². The summed E-state index contributed by atoms with van der Waals surface area (Å²) in [5.74, 6) is -0.629. The molecule has 0 fully saturated rings. The molecule has 0 heterocycles. The van der Waals surface area contributed by atoms with Crippen LogP contribution in [0, 0.1) is 0 Å². The van der Waals surface area contributed by atoms with Crippen LogP contribution >= 0.6 is 0 Å². The van der Waals surface area contributed by atoms with Crippen molar-refractivity contribution in [1.82, 2.24) is 10.9 Å². The molecule has 4 heteroatoms. The van der Waals surface area contributed by atoms with Crippen molar-refractivity contribution < 1.29 is 9.59 Å². The predicted octanol–water partition coefficient (Wildman–Crippen LogP) is -0.270. The topological polar surface area (TPSA) is 58.2 Å². The molecule has 0 aromatic heterocycles. The average molecular weight is 142 g/mol. The number of hydrogen-bond acceptors (Lipinski definition) is 2. The molecule has 0 unspecified atom stereocenters. The van der Waals surface area contributed by atoms with Gasteiger partial charge in [-0.25, -0.2) is 0 Å². The van der Waals surface area contributed by atoms with Crippen molar-refractivity contribution in [2.24, 2.45) is 0 Å². The van der Waals surface area contributed by atoms with E-state index in [1.165, 1.54) is 13.0 Å². The fourth-order valence-electron chi connectivity index (χ4n) is 0.343. The summed E-state index contributed by atoms with van der Waals surface area (Å²) in [4.78, 5) is 20.7. The average Bonchev–Trinajstić information content (AvgIpc) is 1.85. The summed E-state index contributed by atoms with van der Waals surface area (Å²) >= 11 is 0. The van der Waals surface area contributed by atoms with E-state index in [4.69, 9.17) is 0 Å². The first-order valence-electron chi connectivity index (χ1n) is 2.86. The van der Waals surface area contributed by atoms with Gasteiger partial charge in [-0.1, -0.05) is 6.08 Å².